The predicted molar refractivity (Wildman–Crippen MR) is 104 cm³/mol. The van der Waals surface area contributed by atoms with Crippen molar-refractivity contribution in [2.45, 2.75) is 63.8 Å². The van der Waals surface area contributed by atoms with Crippen molar-refractivity contribution < 1.29 is 8.91 Å². The molecule has 0 spiro atoms. The van der Waals surface area contributed by atoms with Crippen LogP contribution in [0.25, 0.3) is 16.9 Å². The number of hydrogen-bond acceptors (Lipinski definition) is 5. The van der Waals surface area contributed by atoms with Crippen LogP contribution in [0.3, 0.4) is 0 Å². The van der Waals surface area contributed by atoms with Gasteiger partial charge in [0.1, 0.15) is 5.82 Å². The number of nitrogens with zero attached hydrogens (tertiary/aromatic N) is 5. The number of likely N-dealkylation sites (tertiary alicyclic amines) is 1. The summed E-state index contributed by atoms with van der Waals surface area (Å²) >= 11 is 0. The SMILES string of the molecule is CCc1nn(-c2noc(C3CCC(N4CCCC4)CC3)n2)c2cc(F)ccc12. The number of benzene rings is 1. The van der Waals surface area contributed by atoms with Crippen molar-refractivity contribution >= 4 is 10.9 Å². The van der Waals surface area contributed by atoms with Crippen LogP contribution in [-0.4, -0.2) is 44.0 Å². The van der Waals surface area contributed by atoms with E-state index in [2.05, 4.69) is 20.1 Å². The summed E-state index contributed by atoms with van der Waals surface area (Å²) in [6, 6.07) is 5.44. The molecule has 3 heterocycles. The van der Waals surface area contributed by atoms with Crippen molar-refractivity contribution in [3.05, 3.63) is 35.6 Å². The number of aryl methyl sites for hydroxylation is 1. The number of aromatic nitrogens is 4. The minimum absolute atomic E-state index is 0.291. The maximum atomic E-state index is 13.8. The monoisotopic (exact) mass is 383 g/mol. The van der Waals surface area contributed by atoms with Gasteiger partial charge >= 0.3 is 0 Å². The first-order valence-corrected chi connectivity index (χ1v) is 10.5. The van der Waals surface area contributed by atoms with E-state index in [0.29, 0.717) is 29.3 Å². The zero-order chi connectivity index (χ0) is 19.1. The lowest BCUT2D eigenvalue weighted by Gasteiger charge is -2.33. The van der Waals surface area contributed by atoms with E-state index in [1.54, 1.807) is 10.7 Å². The molecule has 0 unspecified atom stereocenters. The fraction of sp³-hybridized carbons (Fsp3) is 0.571. The Bertz CT molecular complexity index is 966. The van der Waals surface area contributed by atoms with E-state index in [1.807, 2.05) is 6.92 Å². The Morgan fingerprint density at radius 3 is 2.68 bits per heavy atom. The third kappa shape index (κ3) is 3.11. The van der Waals surface area contributed by atoms with Gasteiger partial charge in [-0.05, 0) is 75.3 Å². The molecule has 0 N–H and O–H groups in total. The van der Waals surface area contributed by atoms with Gasteiger partial charge in [-0.3, -0.25) is 0 Å². The van der Waals surface area contributed by atoms with E-state index in [4.69, 9.17) is 4.52 Å². The lowest BCUT2D eigenvalue weighted by atomic mass is 9.85. The number of halogens is 1. The Kier molecular flexibility index (Phi) is 4.62. The summed E-state index contributed by atoms with van der Waals surface area (Å²) in [5.41, 5.74) is 1.59. The predicted octanol–water partition coefficient (Wildman–Crippen LogP) is 4.23. The summed E-state index contributed by atoms with van der Waals surface area (Å²) in [6.45, 7) is 4.54. The molecule has 2 fully saturated rings. The van der Waals surface area contributed by atoms with Crippen molar-refractivity contribution in [3.8, 4) is 5.95 Å². The molecule has 1 aromatic carbocycles. The van der Waals surface area contributed by atoms with Gasteiger partial charge in [0.15, 0.2) is 0 Å². The Morgan fingerprint density at radius 1 is 1.14 bits per heavy atom. The largest absolute Gasteiger partial charge is 0.337 e. The van der Waals surface area contributed by atoms with Crippen LogP contribution < -0.4 is 0 Å². The van der Waals surface area contributed by atoms with Crippen LogP contribution in [0.4, 0.5) is 4.39 Å². The van der Waals surface area contributed by atoms with E-state index in [1.165, 1.54) is 50.9 Å². The van der Waals surface area contributed by atoms with Crippen LogP contribution in [-0.2, 0) is 6.42 Å². The molecule has 5 rings (SSSR count). The number of rotatable bonds is 4. The summed E-state index contributed by atoms with van der Waals surface area (Å²) in [6.07, 6.45) is 7.99. The van der Waals surface area contributed by atoms with Crippen molar-refractivity contribution in [3.63, 3.8) is 0 Å². The maximum Gasteiger partial charge on any atom is 0.291 e. The van der Waals surface area contributed by atoms with Crippen molar-refractivity contribution in [1.29, 1.82) is 0 Å². The Hall–Kier alpha value is -2.28. The molecule has 2 aromatic heterocycles. The second-order valence-electron chi connectivity index (χ2n) is 8.05. The van der Waals surface area contributed by atoms with Gasteiger partial charge in [-0.1, -0.05) is 6.92 Å². The van der Waals surface area contributed by atoms with Crippen LogP contribution in [0, 0.1) is 5.82 Å². The van der Waals surface area contributed by atoms with Crippen LogP contribution in [0.1, 0.15) is 63.0 Å². The highest BCUT2D eigenvalue weighted by Gasteiger charge is 2.31. The summed E-state index contributed by atoms with van der Waals surface area (Å²) < 4.78 is 21.0. The fourth-order valence-corrected chi connectivity index (χ4v) is 4.84. The molecule has 0 amide bonds. The first-order chi connectivity index (χ1) is 13.7. The molecular weight excluding hydrogens is 357 g/mol. The summed E-state index contributed by atoms with van der Waals surface area (Å²) in [7, 11) is 0. The average Bonchev–Trinajstić information content (AvgIpc) is 3.47. The van der Waals surface area contributed by atoms with E-state index < -0.39 is 0 Å². The van der Waals surface area contributed by atoms with E-state index in [9.17, 15) is 4.39 Å². The zero-order valence-electron chi connectivity index (χ0n) is 16.3. The molecule has 0 atom stereocenters. The van der Waals surface area contributed by atoms with Gasteiger partial charge in [0.2, 0.25) is 5.89 Å². The molecular formula is C21H26FN5O. The summed E-state index contributed by atoms with van der Waals surface area (Å²) in [5, 5.41) is 9.70. The van der Waals surface area contributed by atoms with Crippen molar-refractivity contribution in [2.75, 3.05) is 13.1 Å². The average molecular weight is 383 g/mol. The third-order valence-electron chi connectivity index (χ3n) is 6.38. The van der Waals surface area contributed by atoms with Gasteiger partial charge in [-0.25, -0.2) is 4.39 Å². The first kappa shape index (κ1) is 17.8. The topological polar surface area (TPSA) is 60.0 Å². The molecule has 3 aromatic rings. The van der Waals surface area contributed by atoms with Crippen molar-refractivity contribution in [2.24, 2.45) is 0 Å². The standard InChI is InChI=1S/C21H26FN5O/c1-2-18-17-10-7-15(22)13-19(17)27(24-18)21-23-20(28-25-21)14-5-8-16(9-6-14)26-11-3-4-12-26/h7,10,13-14,16H,2-6,8-9,11-12H2,1H3. The lowest BCUT2D eigenvalue weighted by molar-refractivity contribution is 0.172. The van der Waals surface area contributed by atoms with Gasteiger partial charge in [-0.2, -0.15) is 14.8 Å². The van der Waals surface area contributed by atoms with Gasteiger partial charge in [0.25, 0.3) is 5.95 Å². The third-order valence-corrected chi connectivity index (χ3v) is 6.38. The molecule has 1 saturated carbocycles. The smallest absolute Gasteiger partial charge is 0.291 e. The molecule has 28 heavy (non-hydrogen) atoms. The van der Waals surface area contributed by atoms with E-state index in [0.717, 1.165) is 30.3 Å². The van der Waals surface area contributed by atoms with Crippen molar-refractivity contribution in [1.82, 2.24) is 24.8 Å². The maximum absolute atomic E-state index is 13.8. The van der Waals surface area contributed by atoms with Crippen LogP contribution in [0.15, 0.2) is 22.7 Å². The van der Waals surface area contributed by atoms with Crippen LogP contribution in [0.5, 0.6) is 0 Å². The molecule has 1 saturated heterocycles. The van der Waals surface area contributed by atoms with Crippen LogP contribution in [0.2, 0.25) is 0 Å². The van der Waals surface area contributed by atoms with E-state index in [-0.39, 0.29) is 5.82 Å². The molecule has 148 valence electrons. The number of hydrogen-bond donors (Lipinski definition) is 0. The lowest BCUT2D eigenvalue weighted by Crippen LogP contribution is -2.35. The second-order valence-corrected chi connectivity index (χ2v) is 8.05. The molecule has 6 nitrogen and oxygen atoms in total. The van der Waals surface area contributed by atoms with Crippen LogP contribution >= 0.6 is 0 Å². The second kappa shape index (κ2) is 7.28. The first-order valence-electron chi connectivity index (χ1n) is 10.5. The van der Waals surface area contributed by atoms with Gasteiger partial charge in [0.05, 0.1) is 11.2 Å². The minimum Gasteiger partial charge on any atom is -0.337 e. The minimum atomic E-state index is -0.291. The van der Waals surface area contributed by atoms with Gasteiger partial charge < -0.3 is 9.42 Å². The van der Waals surface area contributed by atoms with E-state index >= 15 is 0 Å². The highest BCUT2D eigenvalue weighted by molar-refractivity contribution is 5.83. The van der Waals surface area contributed by atoms with Gasteiger partial charge in [0, 0.05) is 23.4 Å². The molecule has 7 heteroatoms. The fourth-order valence-electron chi connectivity index (χ4n) is 4.84. The highest BCUT2D eigenvalue weighted by atomic mass is 19.1. The quantitative estimate of drug-likeness (QED) is 0.675. The molecule has 1 aliphatic heterocycles. The summed E-state index contributed by atoms with van der Waals surface area (Å²) in [4.78, 5) is 7.29. The molecule has 2 aliphatic rings. The summed E-state index contributed by atoms with van der Waals surface area (Å²) in [5.74, 6) is 1.10. The Morgan fingerprint density at radius 2 is 1.93 bits per heavy atom. The highest BCUT2D eigenvalue weighted by Crippen LogP contribution is 2.35. The molecule has 1 aliphatic carbocycles. The van der Waals surface area contributed by atoms with Gasteiger partial charge in [-0.15, -0.1) is 0 Å². The Balaban J connectivity index is 1.37. The molecule has 0 bridgehead atoms. The normalized spacial score (nSPS) is 23.6. The Labute approximate surface area is 163 Å². The number of fused-ring (bicyclic) bond motifs is 1. The molecule has 0 radical (unpaired) electrons. The zero-order valence-corrected chi connectivity index (χ0v) is 16.3.